The molecule has 1 atom stereocenters. The van der Waals surface area contributed by atoms with Gasteiger partial charge in [0.1, 0.15) is 5.82 Å². The van der Waals surface area contributed by atoms with Crippen LogP contribution in [0.5, 0.6) is 0 Å². The molecule has 0 heterocycles. The van der Waals surface area contributed by atoms with Crippen LogP contribution >= 0.6 is 23.2 Å². The standard InChI is InChI=1S/C12H11Cl2F/c13-10-5-4-8(7-10)6-9-2-1-3-11(14)12(9)15/h1-3,7,10H,4-6H2. The minimum atomic E-state index is -0.307. The molecule has 0 aliphatic heterocycles. The zero-order valence-corrected chi connectivity index (χ0v) is 9.65. The molecule has 1 unspecified atom stereocenters. The lowest BCUT2D eigenvalue weighted by Crippen LogP contribution is -1.93. The molecular weight excluding hydrogens is 234 g/mol. The largest absolute Gasteiger partial charge is 0.205 e. The summed E-state index contributed by atoms with van der Waals surface area (Å²) in [7, 11) is 0. The summed E-state index contributed by atoms with van der Waals surface area (Å²) in [5.74, 6) is -0.307. The average Bonchev–Trinajstić information content (AvgIpc) is 2.59. The van der Waals surface area contributed by atoms with Crippen molar-refractivity contribution in [1.29, 1.82) is 0 Å². The molecule has 0 bridgehead atoms. The van der Waals surface area contributed by atoms with Crippen LogP contribution in [0, 0.1) is 5.82 Å². The number of alkyl halides is 1. The summed E-state index contributed by atoms with van der Waals surface area (Å²) >= 11 is 11.7. The zero-order valence-electron chi connectivity index (χ0n) is 8.14. The Hall–Kier alpha value is -0.530. The van der Waals surface area contributed by atoms with Crippen molar-refractivity contribution >= 4 is 23.2 Å². The van der Waals surface area contributed by atoms with Gasteiger partial charge in [-0.15, -0.1) is 11.6 Å². The van der Waals surface area contributed by atoms with Gasteiger partial charge >= 0.3 is 0 Å². The third-order valence-electron chi connectivity index (χ3n) is 2.61. The van der Waals surface area contributed by atoms with E-state index in [9.17, 15) is 4.39 Å². The fourth-order valence-corrected chi connectivity index (χ4v) is 2.30. The van der Waals surface area contributed by atoms with Crippen molar-refractivity contribution in [2.24, 2.45) is 0 Å². The second-order valence-corrected chi connectivity index (χ2v) is 4.74. The second-order valence-electron chi connectivity index (χ2n) is 3.77. The molecule has 3 heteroatoms. The molecule has 0 N–H and O–H groups in total. The number of rotatable bonds is 2. The summed E-state index contributed by atoms with van der Waals surface area (Å²) < 4.78 is 13.6. The van der Waals surface area contributed by atoms with E-state index in [1.54, 1.807) is 18.2 Å². The third kappa shape index (κ3) is 2.53. The Morgan fingerprint density at radius 1 is 1.40 bits per heavy atom. The summed E-state index contributed by atoms with van der Waals surface area (Å²) in [4.78, 5) is 0. The van der Waals surface area contributed by atoms with E-state index in [2.05, 4.69) is 0 Å². The predicted molar refractivity (Wildman–Crippen MR) is 62.1 cm³/mol. The summed E-state index contributed by atoms with van der Waals surface area (Å²) in [6.45, 7) is 0. The Bertz CT molecular complexity index is 399. The average molecular weight is 245 g/mol. The number of benzene rings is 1. The summed E-state index contributed by atoms with van der Waals surface area (Å²) in [5.41, 5.74) is 1.86. The maximum atomic E-state index is 13.6. The van der Waals surface area contributed by atoms with Crippen molar-refractivity contribution in [3.63, 3.8) is 0 Å². The molecular formula is C12H11Cl2F. The second kappa shape index (κ2) is 4.54. The number of hydrogen-bond donors (Lipinski definition) is 0. The highest BCUT2D eigenvalue weighted by atomic mass is 35.5. The van der Waals surface area contributed by atoms with Crippen LogP contribution in [-0.4, -0.2) is 5.38 Å². The summed E-state index contributed by atoms with van der Waals surface area (Å²) in [5, 5.41) is 0.302. The molecule has 15 heavy (non-hydrogen) atoms. The van der Waals surface area contributed by atoms with Gasteiger partial charge in [0.2, 0.25) is 0 Å². The Morgan fingerprint density at radius 3 is 2.87 bits per heavy atom. The van der Waals surface area contributed by atoms with Crippen molar-refractivity contribution < 1.29 is 4.39 Å². The van der Waals surface area contributed by atoms with Crippen molar-refractivity contribution in [1.82, 2.24) is 0 Å². The predicted octanol–water partition coefficient (Wildman–Crippen LogP) is 4.35. The van der Waals surface area contributed by atoms with Gasteiger partial charge in [0.25, 0.3) is 0 Å². The third-order valence-corrected chi connectivity index (χ3v) is 3.24. The van der Waals surface area contributed by atoms with Gasteiger partial charge in [-0.2, -0.15) is 0 Å². The van der Waals surface area contributed by atoms with E-state index in [1.807, 2.05) is 6.08 Å². The van der Waals surface area contributed by atoms with E-state index >= 15 is 0 Å². The van der Waals surface area contributed by atoms with Crippen LogP contribution in [-0.2, 0) is 6.42 Å². The van der Waals surface area contributed by atoms with Crippen molar-refractivity contribution in [2.45, 2.75) is 24.6 Å². The molecule has 0 spiro atoms. The maximum Gasteiger partial charge on any atom is 0.145 e. The first-order chi connectivity index (χ1) is 7.16. The monoisotopic (exact) mass is 244 g/mol. The molecule has 1 aromatic rings. The van der Waals surface area contributed by atoms with E-state index in [-0.39, 0.29) is 16.2 Å². The van der Waals surface area contributed by atoms with Gasteiger partial charge in [-0.1, -0.05) is 35.4 Å². The first-order valence-electron chi connectivity index (χ1n) is 4.93. The highest BCUT2D eigenvalue weighted by Crippen LogP contribution is 2.27. The molecule has 0 saturated carbocycles. The van der Waals surface area contributed by atoms with Crippen molar-refractivity contribution in [3.8, 4) is 0 Å². The molecule has 0 fully saturated rings. The lowest BCUT2D eigenvalue weighted by Gasteiger charge is -2.04. The minimum absolute atomic E-state index is 0.113. The van der Waals surface area contributed by atoms with Crippen LogP contribution < -0.4 is 0 Å². The molecule has 2 rings (SSSR count). The van der Waals surface area contributed by atoms with Crippen LogP contribution in [0.4, 0.5) is 4.39 Å². The summed E-state index contributed by atoms with van der Waals surface area (Å²) in [6, 6.07) is 5.10. The first kappa shape index (κ1) is 11.0. The molecule has 1 aliphatic rings. The molecule has 0 nitrogen and oxygen atoms in total. The van der Waals surface area contributed by atoms with Gasteiger partial charge < -0.3 is 0 Å². The van der Waals surface area contributed by atoms with Gasteiger partial charge in [-0.25, -0.2) is 4.39 Å². The quantitative estimate of drug-likeness (QED) is 0.536. The molecule has 0 radical (unpaired) electrons. The normalized spacial score (nSPS) is 20.5. The topological polar surface area (TPSA) is 0 Å². The zero-order chi connectivity index (χ0) is 10.8. The van der Waals surface area contributed by atoms with Gasteiger partial charge in [0, 0.05) is 0 Å². The molecule has 80 valence electrons. The Morgan fingerprint density at radius 2 is 2.20 bits per heavy atom. The molecule has 0 saturated heterocycles. The van der Waals surface area contributed by atoms with E-state index in [0.29, 0.717) is 12.0 Å². The van der Waals surface area contributed by atoms with Crippen LogP contribution in [0.25, 0.3) is 0 Å². The lowest BCUT2D eigenvalue weighted by molar-refractivity contribution is 0.613. The lowest BCUT2D eigenvalue weighted by atomic mass is 10.0. The van der Waals surface area contributed by atoms with Crippen LogP contribution in [0.3, 0.4) is 0 Å². The van der Waals surface area contributed by atoms with Gasteiger partial charge in [0.05, 0.1) is 10.4 Å². The van der Waals surface area contributed by atoms with Gasteiger partial charge in [-0.05, 0) is 30.9 Å². The summed E-state index contributed by atoms with van der Waals surface area (Å²) in [6.07, 6.45) is 4.55. The van der Waals surface area contributed by atoms with Crippen LogP contribution in [0.2, 0.25) is 5.02 Å². The maximum absolute atomic E-state index is 13.6. The Balaban J connectivity index is 2.18. The smallest absolute Gasteiger partial charge is 0.145 e. The Kier molecular flexibility index (Phi) is 3.32. The van der Waals surface area contributed by atoms with Crippen LogP contribution in [0.1, 0.15) is 18.4 Å². The van der Waals surface area contributed by atoms with Gasteiger partial charge in [-0.3, -0.25) is 0 Å². The highest BCUT2D eigenvalue weighted by molar-refractivity contribution is 6.30. The molecule has 1 aromatic carbocycles. The SMILES string of the molecule is Fc1c(Cl)cccc1CC1=CC(Cl)CC1. The van der Waals surface area contributed by atoms with Gasteiger partial charge in [0.15, 0.2) is 0 Å². The molecule has 0 amide bonds. The molecule has 1 aliphatic carbocycles. The van der Waals surface area contributed by atoms with E-state index in [0.717, 1.165) is 12.8 Å². The minimum Gasteiger partial charge on any atom is -0.205 e. The van der Waals surface area contributed by atoms with E-state index in [1.165, 1.54) is 5.57 Å². The van der Waals surface area contributed by atoms with E-state index in [4.69, 9.17) is 23.2 Å². The fraction of sp³-hybridized carbons (Fsp3) is 0.333. The van der Waals surface area contributed by atoms with Crippen molar-refractivity contribution in [3.05, 3.63) is 46.3 Å². The molecule has 0 aromatic heterocycles. The highest BCUT2D eigenvalue weighted by Gasteiger charge is 2.15. The Labute approximate surface area is 98.7 Å². The van der Waals surface area contributed by atoms with E-state index < -0.39 is 0 Å². The first-order valence-corrected chi connectivity index (χ1v) is 5.75. The van der Waals surface area contributed by atoms with Crippen LogP contribution in [0.15, 0.2) is 29.8 Å². The van der Waals surface area contributed by atoms with Crippen molar-refractivity contribution in [2.75, 3.05) is 0 Å². The fourth-order valence-electron chi connectivity index (χ4n) is 1.82. The number of halogens is 3. The number of allylic oxidation sites excluding steroid dienone is 2. The number of hydrogen-bond acceptors (Lipinski definition) is 0.